The van der Waals surface area contributed by atoms with Crippen LogP contribution in [-0.2, 0) is 0 Å². The maximum Gasteiger partial charge on any atom is 0.202 e. The number of hydrogen-bond acceptors (Lipinski definition) is 7. The van der Waals surface area contributed by atoms with Gasteiger partial charge >= 0.3 is 0 Å². The molecule has 8 nitrogen and oxygen atoms in total. The Morgan fingerprint density at radius 1 is 0.444 bits per heavy atom. The second kappa shape index (κ2) is 13.7. The SMILES string of the molecule is [C-]#[N+]/C(=C1/C(c2ccccc2)=C(C#N)c2cc3c(cc21)C(C#N)=C(c1ccccc1)/C3=C(/C#N)c1cc(C#N)cc(C#N)c1)c1cc(C#N)cc(C#N)c1. The molecule has 0 amide bonds. The van der Waals surface area contributed by atoms with E-state index in [0.717, 1.165) is 0 Å². The molecule has 0 saturated carbocycles. The zero-order chi connectivity index (χ0) is 37.9. The van der Waals surface area contributed by atoms with E-state index in [9.17, 15) is 36.8 Å². The third-order valence-electron chi connectivity index (χ3n) is 9.24. The number of benzene rings is 5. The van der Waals surface area contributed by atoms with Gasteiger partial charge in [0.05, 0.1) is 69.8 Å². The van der Waals surface area contributed by atoms with Crippen LogP contribution in [0.1, 0.15) is 66.8 Å². The van der Waals surface area contributed by atoms with E-state index in [1.54, 1.807) is 12.1 Å². The van der Waals surface area contributed by atoms with Crippen molar-refractivity contribution in [3.05, 3.63) is 187 Å². The van der Waals surface area contributed by atoms with Crippen molar-refractivity contribution >= 4 is 44.7 Å². The molecule has 0 radical (unpaired) electrons. The molecule has 0 bridgehead atoms. The fourth-order valence-electron chi connectivity index (χ4n) is 7.06. The van der Waals surface area contributed by atoms with Gasteiger partial charge in [0.15, 0.2) is 0 Å². The van der Waals surface area contributed by atoms with Gasteiger partial charge in [0.25, 0.3) is 0 Å². The van der Waals surface area contributed by atoms with Gasteiger partial charge in [0, 0.05) is 22.3 Å². The van der Waals surface area contributed by atoms with E-state index in [-0.39, 0.29) is 44.7 Å². The second-order valence-electron chi connectivity index (χ2n) is 12.1. The van der Waals surface area contributed by atoms with Crippen molar-refractivity contribution in [1.29, 1.82) is 36.8 Å². The molecule has 54 heavy (non-hydrogen) atoms. The maximum absolute atomic E-state index is 10.9. The normalized spacial score (nSPS) is 14.1. The van der Waals surface area contributed by atoms with E-state index in [4.69, 9.17) is 6.57 Å². The van der Waals surface area contributed by atoms with Crippen LogP contribution >= 0.6 is 0 Å². The van der Waals surface area contributed by atoms with E-state index < -0.39 is 0 Å². The average molecular weight is 683 g/mol. The molecule has 5 aromatic rings. The molecule has 8 heteroatoms. The number of fused-ring (bicyclic) bond motifs is 2. The highest BCUT2D eigenvalue weighted by Crippen LogP contribution is 2.56. The van der Waals surface area contributed by atoms with Gasteiger partial charge in [-0.05, 0) is 93.1 Å². The van der Waals surface area contributed by atoms with Gasteiger partial charge in [-0.25, -0.2) is 4.85 Å². The lowest BCUT2D eigenvalue weighted by Gasteiger charge is -2.14. The Morgan fingerprint density at radius 2 is 0.852 bits per heavy atom. The van der Waals surface area contributed by atoms with Crippen molar-refractivity contribution in [2.75, 3.05) is 0 Å². The van der Waals surface area contributed by atoms with Crippen molar-refractivity contribution in [2.45, 2.75) is 0 Å². The molecule has 5 aromatic carbocycles. The first-order valence-electron chi connectivity index (χ1n) is 16.2. The van der Waals surface area contributed by atoms with Crippen LogP contribution in [-0.4, -0.2) is 0 Å². The monoisotopic (exact) mass is 682 g/mol. The third kappa shape index (κ3) is 5.35. The molecule has 2 aliphatic rings. The fraction of sp³-hybridized carbons (Fsp3) is 0. The van der Waals surface area contributed by atoms with Crippen LogP contribution < -0.4 is 0 Å². The molecule has 0 atom stereocenters. The summed E-state index contributed by atoms with van der Waals surface area (Å²) in [5.41, 5.74) is 6.90. The molecule has 0 saturated heterocycles. The van der Waals surface area contributed by atoms with Gasteiger partial charge in [-0.15, -0.1) is 0 Å². The number of hydrogen-bond donors (Lipinski definition) is 0. The van der Waals surface area contributed by atoms with E-state index in [1.165, 1.54) is 36.4 Å². The molecule has 0 aromatic heterocycles. The Kier molecular flexibility index (Phi) is 8.50. The summed E-state index contributed by atoms with van der Waals surface area (Å²) < 4.78 is 0. The standard InChI is InChI=1S/C46H18N8/c1-54-46(34-16-29(22-49)13-30(17-34)23-50)45-38-19-35-37(18-36(38)41(26-53)43(45)32-10-6-3-7-11-32)44(42(40(35)25-52)31-8-4-2-5-9-31)39(24-51)33-14-27(20-47)12-28(15-33)21-48/h2-19H/b44-39-,46-45+. The van der Waals surface area contributed by atoms with Crippen molar-refractivity contribution in [1.82, 2.24) is 0 Å². The maximum atomic E-state index is 10.9. The van der Waals surface area contributed by atoms with Gasteiger partial charge in [-0.2, -0.15) is 36.8 Å². The van der Waals surface area contributed by atoms with E-state index >= 15 is 0 Å². The largest absolute Gasteiger partial charge is 0.237 e. The van der Waals surface area contributed by atoms with Gasteiger partial charge in [-0.1, -0.05) is 60.7 Å². The summed E-state index contributed by atoms with van der Waals surface area (Å²) in [5, 5.41) is 71.7. The lowest BCUT2D eigenvalue weighted by molar-refractivity contribution is 1.43. The van der Waals surface area contributed by atoms with Gasteiger partial charge in [0.2, 0.25) is 5.70 Å². The molecule has 7 rings (SSSR count). The second-order valence-corrected chi connectivity index (χ2v) is 12.1. The number of rotatable bonds is 4. The highest BCUT2D eigenvalue weighted by molar-refractivity contribution is 6.34. The van der Waals surface area contributed by atoms with Crippen LogP contribution in [0, 0.1) is 85.9 Å². The van der Waals surface area contributed by atoms with E-state index in [0.29, 0.717) is 66.8 Å². The van der Waals surface area contributed by atoms with Crippen molar-refractivity contribution in [3.8, 4) is 42.5 Å². The lowest BCUT2D eigenvalue weighted by atomic mass is 9.87. The minimum Gasteiger partial charge on any atom is -0.237 e. The Morgan fingerprint density at radius 3 is 1.24 bits per heavy atom. The number of allylic oxidation sites excluding steroid dienone is 7. The van der Waals surface area contributed by atoms with E-state index in [2.05, 4.69) is 47.3 Å². The predicted octanol–water partition coefficient (Wildman–Crippen LogP) is 9.29. The highest BCUT2D eigenvalue weighted by atomic mass is 14.7. The molecule has 0 N–H and O–H groups in total. The third-order valence-corrected chi connectivity index (χ3v) is 9.24. The molecule has 0 heterocycles. The van der Waals surface area contributed by atoms with Crippen LogP contribution in [0.3, 0.4) is 0 Å². The number of nitriles is 7. The van der Waals surface area contributed by atoms with Gasteiger partial charge in [-0.3, -0.25) is 0 Å². The molecule has 242 valence electrons. The highest BCUT2D eigenvalue weighted by Gasteiger charge is 2.37. The van der Waals surface area contributed by atoms with Crippen molar-refractivity contribution in [3.63, 3.8) is 0 Å². The average Bonchev–Trinajstić information content (AvgIpc) is 3.72. The van der Waals surface area contributed by atoms with Gasteiger partial charge < -0.3 is 0 Å². The summed E-state index contributed by atoms with van der Waals surface area (Å²) in [4.78, 5) is 3.94. The van der Waals surface area contributed by atoms with Crippen LogP contribution in [0.5, 0.6) is 0 Å². The molecular formula is C46H18N8. The van der Waals surface area contributed by atoms with Crippen molar-refractivity contribution in [2.24, 2.45) is 0 Å². The summed E-state index contributed by atoms with van der Waals surface area (Å²) >= 11 is 0. The zero-order valence-electron chi connectivity index (χ0n) is 28.0. The van der Waals surface area contributed by atoms with E-state index in [1.807, 2.05) is 60.7 Å². The first kappa shape index (κ1) is 33.5. The molecule has 0 spiro atoms. The summed E-state index contributed by atoms with van der Waals surface area (Å²) in [5.74, 6) is 0. The predicted molar refractivity (Wildman–Crippen MR) is 202 cm³/mol. The molecule has 0 unspecified atom stereocenters. The summed E-state index contributed by atoms with van der Waals surface area (Å²) in [6.45, 7) is 8.43. The number of nitrogens with zero attached hydrogens (tertiary/aromatic N) is 8. The molecule has 2 aliphatic carbocycles. The Labute approximate surface area is 310 Å². The van der Waals surface area contributed by atoms with Crippen LogP contribution in [0.25, 0.3) is 49.6 Å². The van der Waals surface area contributed by atoms with Crippen LogP contribution in [0.15, 0.2) is 109 Å². The Bertz CT molecular complexity index is 2720. The first-order chi connectivity index (χ1) is 26.4. The van der Waals surface area contributed by atoms with Crippen LogP contribution in [0.4, 0.5) is 0 Å². The Hall–Kier alpha value is -9.02. The van der Waals surface area contributed by atoms with Crippen LogP contribution in [0.2, 0.25) is 0 Å². The minimum atomic E-state index is 0.100. The topological polar surface area (TPSA) is 171 Å². The lowest BCUT2D eigenvalue weighted by Crippen LogP contribution is -1.97. The first-order valence-corrected chi connectivity index (χ1v) is 16.2. The molecule has 0 fully saturated rings. The Balaban J connectivity index is 1.66. The summed E-state index contributed by atoms with van der Waals surface area (Å²) in [6, 6.07) is 45.9. The zero-order valence-corrected chi connectivity index (χ0v) is 28.0. The quantitative estimate of drug-likeness (QED) is 0.134. The summed E-state index contributed by atoms with van der Waals surface area (Å²) in [7, 11) is 0. The van der Waals surface area contributed by atoms with Gasteiger partial charge in [0.1, 0.15) is 18.2 Å². The molecular weight excluding hydrogens is 665 g/mol. The minimum absolute atomic E-state index is 0.100. The van der Waals surface area contributed by atoms with Crippen molar-refractivity contribution < 1.29 is 0 Å². The summed E-state index contributed by atoms with van der Waals surface area (Å²) in [6.07, 6.45) is 0. The smallest absolute Gasteiger partial charge is 0.202 e. The fourth-order valence-corrected chi connectivity index (χ4v) is 7.06. The molecule has 0 aliphatic heterocycles.